The highest BCUT2D eigenvalue weighted by Crippen LogP contribution is 2.21. The summed E-state index contributed by atoms with van der Waals surface area (Å²) in [6.07, 6.45) is 2.00. The zero-order chi connectivity index (χ0) is 12.3. The summed E-state index contributed by atoms with van der Waals surface area (Å²) in [7, 11) is 0. The SMILES string of the molecule is Nc1nc(NC2CCCOC2)ccc1[N+](=O)[O-]. The summed E-state index contributed by atoms with van der Waals surface area (Å²) >= 11 is 0. The van der Waals surface area contributed by atoms with Crippen LogP contribution in [0.3, 0.4) is 0 Å². The van der Waals surface area contributed by atoms with Crippen molar-refractivity contribution >= 4 is 17.3 Å². The standard InChI is InChI=1S/C10H14N4O3/c11-10-8(14(15)16)3-4-9(13-10)12-7-2-1-5-17-6-7/h3-4,7H,1-2,5-6H2,(H3,11,12,13). The lowest BCUT2D eigenvalue weighted by molar-refractivity contribution is -0.384. The highest BCUT2D eigenvalue weighted by Gasteiger charge is 2.16. The lowest BCUT2D eigenvalue weighted by Gasteiger charge is -2.23. The Morgan fingerprint density at radius 3 is 3.00 bits per heavy atom. The monoisotopic (exact) mass is 238 g/mol. The van der Waals surface area contributed by atoms with Crippen LogP contribution in [0.25, 0.3) is 0 Å². The molecule has 7 heteroatoms. The third kappa shape index (κ3) is 2.82. The Balaban J connectivity index is 2.06. The topological polar surface area (TPSA) is 103 Å². The second-order valence-corrected chi connectivity index (χ2v) is 3.92. The largest absolute Gasteiger partial charge is 0.379 e. The molecule has 17 heavy (non-hydrogen) atoms. The molecule has 0 bridgehead atoms. The second-order valence-electron chi connectivity index (χ2n) is 3.92. The van der Waals surface area contributed by atoms with Crippen LogP contribution in [0.2, 0.25) is 0 Å². The molecule has 1 aromatic rings. The fraction of sp³-hybridized carbons (Fsp3) is 0.500. The molecule has 1 aromatic heterocycles. The Labute approximate surface area is 98.1 Å². The number of nitrogen functional groups attached to an aromatic ring is 1. The molecule has 2 rings (SSSR count). The van der Waals surface area contributed by atoms with E-state index in [1.165, 1.54) is 6.07 Å². The van der Waals surface area contributed by atoms with Crippen LogP contribution >= 0.6 is 0 Å². The van der Waals surface area contributed by atoms with Gasteiger partial charge >= 0.3 is 5.69 Å². The van der Waals surface area contributed by atoms with E-state index in [4.69, 9.17) is 10.5 Å². The molecular formula is C10H14N4O3. The molecule has 0 amide bonds. The van der Waals surface area contributed by atoms with E-state index in [0.29, 0.717) is 12.4 Å². The smallest absolute Gasteiger partial charge is 0.311 e. The van der Waals surface area contributed by atoms with Crippen molar-refractivity contribution in [2.24, 2.45) is 0 Å². The van der Waals surface area contributed by atoms with Gasteiger partial charge in [-0.25, -0.2) is 4.98 Å². The summed E-state index contributed by atoms with van der Waals surface area (Å²) in [6.45, 7) is 1.41. The molecule has 0 aliphatic carbocycles. The molecular weight excluding hydrogens is 224 g/mol. The van der Waals surface area contributed by atoms with Gasteiger partial charge in [0.15, 0.2) is 0 Å². The van der Waals surface area contributed by atoms with Gasteiger partial charge in [-0.3, -0.25) is 10.1 Å². The van der Waals surface area contributed by atoms with Gasteiger partial charge in [-0.1, -0.05) is 0 Å². The first-order valence-electron chi connectivity index (χ1n) is 5.42. The van der Waals surface area contributed by atoms with Crippen molar-refractivity contribution in [1.82, 2.24) is 4.98 Å². The Bertz CT molecular complexity index is 418. The van der Waals surface area contributed by atoms with Crippen LogP contribution in [0.1, 0.15) is 12.8 Å². The van der Waals surface area contributed by atoms with Crippen LogP contribution in [0.15, 0.2) is 12.1 Å². The molecule has 0 aromatic carbocycles. The number of nitrogens with two attached hydrogens (primary N) is 1. The number of ether oxygens (including phenoxy) is 1. The molecule has 92 valence electrons. The Hall–Kier alpha value is -1.89. The second kappa shape index (κ2) is 4.96. The minimum atomic E-state index is -0.546. The number of nitrogens with one attached hydrogen (secondary N) is 1. The van der Waals surface area contributed by atoms with Gasteiger partial charge in [0.2, 0.25) is 5.82 Å². The first-order chi connectivity index (χ1) is 8.16. The number of anilines is 2. The van der Waals surface area contributed by atoms with Crippen molar-refractivity contribution in [3.63, 3.8) is 0 Å². The fourth-order valence-electron chi connectivity index (χ4n) is 1.77. The van der Waals surface area contributed by atoms with E-state index in [1.807, 2.05) is 0 Å². The first kappa shape index (κ1) is 11.6. The molecule has 2 heterocycles. The summed E-state index contributed by atoms with van der Waals surface area (Å²) in [5, 5.41) is 13.7. The van der Waals surface area contributed by atoms with E-state index in [0.717, 1.165) is 19.4 Å². The molecule has 1 saturated heterocycles. The van der Waals surface area contributed by atoms with Crippen LogP contribution < -0.4 is 11.1 Å². The number of rotatable bonds is 3. The molecule has 3 N–H and O–H groups in total. The van der Waals surface area contributed by atoms with Gasteiger partial charge in [0.05, 0.1) is 17.6 Å². The maximum absolute atomic E-state index is 10.6. The van der Waals surface area contributed by atoms with E-state index >= 15 is 0 Å². The predicted molar refractivity (Wildman–Crippen MR) is 62.8 cm³/mol. The number of nitro groups is 1. The average Bonchev–Trinajstić information content (AvgIpc) is 2.30. The zero-order valence-corrected chi connectivity index (χ0v) is 9.26. The van der Waals surface area contributed by atoms with Gasteiger partial charge in [-0.15, -0.1) is 0 Å². The third-order valence-corrected chi connectivity index (χ3v) is 2.61. The lowest BCUT2D eigenvalue weighted by atomic mass is 10.1. The number of hydrogen-bond donors (Lipinski definition) is 2. The molecule has 1 aliphatic heterocycles. The van der Waals surface area contributed by atoms with Gasteiger partial charge < -0.3 is 15.8 Å². The Morgan fingerprint density at radius 2 is 2.41 bits per heavy atom. The molecule has 0 saturated carbocycles. The first-order valence-corrected chi connectivity index (χ1v) is 5.42. The highest BCUT2D eigenvalue weighted by atomic mass is 16.6. The minimum absolute atomic E-state index is 0.0725. The summed E-state index contributed by atoms with van der Waals surface area (Å²) in [6, 6.07) is 3.11. The van der Waals surface area contributed by atoms with Crippen molar-refractivity contribution in [3.05, 3.63) is 22.2 Å². The quantitative estimate of drug-likeness (QED) is 0.605. The molecule has 1 aliphatic rings. The van der Waals surface area contributed by atoms with Crippen molar-refractivity contribution in [1.29, 1.82) is 0 Å². The van der Waals surface area contributed by atoms with E-state index in [9.17, 15) is 10.1 Å². The average molecular weight is 238 g/mol. The van der Waals surface area contributed by atoms with Crippen LogP contribution in [0.4, 0.5) is 17.3 Å². The lowest BCUT2D eigenvalue weighted by Crippen LogP contribution is -2.30. The van der Waals surface area contributed by atoms with Gasteiger partial charge in [-0.05, 0) is 18.9 Å². The number of aromatic nitrogens is 1. The zero-order valence-electron chi connectivity index (χ0n) is 9.26. The molecule has 7 nitrogen and oxygen atoms in total. The van der Waals surface area contributed by atoms with Crippen molar-refractivity contribution in [2.45, 2.75) is 18.9 Å². The van der Waals surface area contributed by atoms with E-state index in [-0.39, 0.29) is 17.5 Å². The van der Waals surface area contributed by atoms with Crippen molar-refractivity contribution < 1.29 is 9.66 Å². The molecule has 1 unspecified atom stereocenters. The van der Waals surface area contributed by atoms with Crippen LogP contribution in [-0.4, -0.2) is 29.2 Å². The maximum Gasteiger partial charge on any atom is 0.311 e. The van der Waals surface area contributed by atoms with E-state index in [1.54, 1.807) is 6.07 Å². The Kier molecular flexibility index (Phi) is 3.38. The van der Waals surface area contributed by atoms with Gasteiger partial charge in [0.25, 0.3) is 0 Å². The normalized spacial score (nSPS) is 19.9. The highest BCUT2D eigenvalue weighted by molar-refractivity contribution is 5.57. The summed E-state index contributed by atoms with van der Waals surface area (Å²) < 4.78 is 5.32. The third-order valence-electron chi connectivity index (χ3n) is 2.61. The molecule has 0 radical (unpaired) electrons. The molecule has 1 atom stereocenters. The van der Waals surface area contributed by atoms with Gasteiger partial charge in [0, 0.05) is 12.7 Å². The van der Waals surface area contributed by atoms with E-state index in [2.05, 4.69) is 10.3 Å². The summed E-state index contributed by atoms with van der Waals surface area (Å²) in [4.78, 5) is 14.0. The summed E-state index contributed by atoms with van der Waals surface area (Å²) in [5.74, 6) is 0.473. The number of hydrogen-bond acceptors (Lipinski definition) is 6. The summed E-state index contributed by atoms with van der Waals surface area (Å²) in [5.41, 5.74) is 5.33. The van der Waals surface area contributed by atoms with E-state index < -0.39 is 4.92 Å². The minimum Gasteiger partial charge on any atom is -0.379 e. The van der Waals surface area contributed by atoms with Crippen LogP contribution in [-0.2, 0) is 4.74 Å². The fourth-order valence-corrected chi connectivity index (χ4v) is 1.77. The maximum atomic E-state index is 10.6. The Morgan fingerprint density at radius 1 is 1.59 bits per heavy atom. The molecule has 1 fully saturated rings. The van der Waals surface area contributed by atoms with Crippen LogP contribution in [0, 0.1) is 10.1 Å². The van der Waals surface area contributed by atoms with Gasteiger partial charge in [-0.2, -0.15) is 0 Å². The predicted octanol–water partition coefficient (Wildman–Crippen LogP) is 1.16. The number of nitrogens with zero attached hydrogens (tertiary/aromatic N) is 2. The number of pyridine rings is 1. The van der Waals surface area contributed by atoms with Crippen LogP contribution in [0.5, 0.6) is 0 Å². The molecule has 0 spiro atoms. The van der Waals surface area contributed by atoms with Gasteiger partial charge in [0.1, 0.15) is 5.82 Å². The van der Waals surface area contributed by atoms with Crippen molar-refractivity contribution in [3.8, 4) is 0 Å². The van der Waals surface area contributed by atoms with Crippen molar-refractivity contribution in [2.75, 3.05) is 24.3 Å².